The molecule has 0 bridgehead atoms. The molecule has 2 aromatic heterocycles. The van der Waals surface area contributed by atoms with Crippen molar-refractivity contribution in [2.75, 3.05) is 0 Å². The Morgan fingerprint density at radius 1 is 1.31 bits per heavy atom. The second-order valence-corrected chi connectivity index (χ2v) is 4.44. The third kappa shape index (κ3) is 1.52. The van der Waals surface area contributed by atoms with Crippen LogP contribution in [0.4, 0.5) is 0 Å². The molecule has 2 rings (SSSR count). The Kier molecular flexibility index (Phi) is 1.96. The number of H-pyrrole nitrogens is 1. The van der Waals surface area contributed by atoms with Gasteiger partial charge in [-0.2, -0.15) is 0 Å². The van der Waals surface area contributed by atoms with Crippen LogP contribution in [-0.2, 0) is 0 Å². The van der Waals surface area contributed by atoms with Gasteiger partial charge in [-0.1, -0.05) is 0 Å². The molecule has 0 spiro atoms. The number of thiazole rings is 1. The highest BCUT2D eigenvalue weighted by Gasteiger charge is 2.07. The molecule has 0 radical (unpaired) electrons. The number of hydrogen-bond acceptors (Lipinski definition) is 2. The Morgan fingerprint density at radius 2 is 2.08 bits per heavy atom. The Hall–Kier alpha value is -1.09. The summed E-state index contributed by atoms with van der Waals surface area (Å²) in [7, 11) is 0. The van der Waals surface area contributed by atoms with Gasteiger partial charge in [-0.25, -0.2) is 4.98 Å². The fourth-order valence-electron chi connectivity index (χ4n) is 1.41. The van der Waals surface area contributed by atoms with Gasteiger partial charge in [0.25, 0.3) is 0 Å². The first-order valence-corrected chi connectivity index (χ1v) is 5.08. The number of aromatic amines is 1. The van der Waals surface area contributed by atoms with Gasteiger partial charge in [0.2, 0.25) is 0 Å². The third-order valence-electron chi connectivity index (χ3n) is 1.98. The van der Waals surface area contributed by atoms with E-state index < -0.39 is 0 Å². The molecule has 0 amide bonds. The number of nitrogens with one attached hydrogen (secondary N) is 1. The lowest BCUT2D eigenvalue weighted by atomic mass is 10.3. The average molecular weight is 192 g/mol. The van der Waals surface area contributed by atoms with Crippen LogP contribution in [0.15, 0.2) is 12.3 Å². The minimum Gasteiger partial charge on any atom is -0.360 e. The van der Waals surface area contributed by atoms with Gasteiger partial charge in [-0.05, 0) is 32.4 Å². The van der Waals surface area contributed by atoms with Crippen molar-refractivity contribution in [1.29, 1.82) is 0 Å². The fourth-order valence-corrected chi connectivity index (χ4v) is 2.31. The van der Waals surface area contributed by atoms with Crippen molar-refractivity contribution in [3.8, 4) is 10.6 Å². The van der Waals surface area contributed by atoms with Crippen LogP contribution in [-0.4, -0.2) is 9.97 Å². The normalized spacial score (nSPS) is 10.7. The highest BCUT2D eigenvalue weighted by atomic mass is 32.1. The van der Waals surface area contributed by atoms with Crippen molar-refractivity contribution in [3.63, 3.8) is 0 Å². The lowest BCUT2D eigenvalue weighted by molar-refractivity contribution is 1.20. The van der Waals surface area contributed by atoms with Crippen molar-refractivity contribution in [1.82, 2.24) is 9.97 Å². The molecular weight excluding hydrogens is 180 g/mol. The highest BCUT2D eigenvalue weighted by Crippen LogP contribution is 2.28. The van der Waals surface area contributed by atoms with Crippen molar-refractivity contribution in [2.24, 2.45) is 0 Å². The van der Waals surface area contributed by atoms with Crippen LogP contribution >= 0.6 is 11.3 Å². The van der Waals surface area contributed by atoms with E-state index in [0.717, 1.165) is 10.7 Å². The molecule has 2 nitrogen and oxygen atoms in total. The van der Waals surface area contributed by atoms with Crippen LogP contribution in [0.25, 0.3) is 10.6 Å². The zero-order valence-electron chi connectivity index (χ0n) is 8.01. The van der Waals surface area contributed by atoms with Gasteiger partial charge >= 0.3 is 0 Å². The first-order chi connectivity index (χ1) is 6.16. The van der Waals surface area contributed by atoms with Crippen molar-refractivity contribution < 1.29 is 0 Å². The van der Waals surface area contributed by atoms with E-state index in [4.69, 9.17) is 0 Å². The molecule has 68 valence electrons. The largest absolute Gasteiger partial charge is 0.360 e. The molecule has 0 aliphatic heterocycles. The molecule has 0 atom stereocenters. The van der Waals surface area contributed by atoms with Crippen molar-refractivity contribution in [2.45, 2.75) is 20.8 Å². The first-order valence-electron chi connectivity index (χ1n) is 4.26. The van der Waals surface area contributed by atoms with Gasteiger partial charge in [0.05, 0.1) is 21.3 Å². The maximum Gasteiger partial charge on any atom is 0.0904 e. The summed E-state index contributed by atoms with van der Waals surface area (Å²) in [5.41, 5.74) is 3.56. The van der Waals surface area contributed by atoms with Crippen LogP contribution in [0.3, 0.4) is 0 Å². The summed E-state index contributed by atoms with van der Waals surface area (Å²) in [6.45, 7) is 6.18. The van der Waals surface area contributed by atoms with Gasteiger partial charge in [-0.3, -0.25) is 0 Å². The van der Waals surface area contributed by atoms with E-state index >= 15 is 0 Å². The molecule has 0 aliphatic rings. The number of rotatable bonds is 1. The van der Waals surface area contributed by atoms with Crippen molar-refractivity contribution in [3.05, 3.63) is 28.5 Å². The number of aryl methyl sites for hydroxylation is 3. The standard InChI is InChI=1S/C10H12N2S/c1-6-4-9(11-5-6)10-7(2)12-8(3)13-10/h4-5,11H,1-3H3. The number of aromatic nitrogens is 2. The van der Waals surface area contributed by atoms with Gasteiger partial charge in [0.1, 0.15) is 0 Å². The monoisotopic (exact) mass is 192 g/mol. The number of hydrogen-bond donors (Lipinski definition) is 1. The molecule has 0 saturated carbocycles. The smallest absolute Gasteiger partial charge is 0.0904 e. The van der Waals surface area contributed by atoms with Gasteiger partial charge in [0.15, 0.2) is 0 Å². The van der Waals surface area contributed by atoms with E-state index in [9.17, 15) is 0 Å². The minimum atomic E-state index is 1.12. The zero-order valence-corrected chi connectivity index (χ0v) is 8.83. The summed E-state index contributed by atoms with van der Waals surface area (Å²) < 4.78 is 0. The third-order valence-corrected chi connectivity index (χ3v) is 3.08. The van der Waals surface area contributed by atoms with Gasteiger partial charge in [-0.15, -0.1) is 11.3 Å². The molecule has 0 saturated heterocycles. The van der Waals surface area contributed by atoms with Crippen LogP contribution < -0.4 is 0 Å². The predicted molar refractivity (Wildman–Crippen MR) is 56.1 cm³/mol. The second kappa shape index (κ2) is 3.00. The average Bonchev–Trinajstić information content (AvgIpc) is 2.58. The van der Waals surface area contributed by atoms with E-state index in [-0.39, 0.29) is 0 Å². The van der Waals surface area contributed by atoms with Crippen LogP contribution in [0, 0.1) is 20.8 Å². The Bertz CT molecular complexity index is 426. The highest BCUT2D eigenvalue weighted by molar-refractivity contribution is 7.15. The quantitative estimate of drug-likeness (QED) is 0.739. The van der Waals surface area contributed by atoms with Crippen LogP contribution in [0.2, 0.25) is 0 Å². The molecule has 0 unspecified atom stereocenters. The summed E-state index contributed by atoms with van der Waals surface area (Å²) in [6, 6.07) is 2.15. The molecule has 0 fully saturated rings. The Morgan fingerprint density at radius 3 is 2.54 bits per heavy atom. The van der Waals surface area contributed by atoms with E-state index in [2.05, 4.69) is 29.9 Å². The summed E-state index contributed by atoms with van der Waals surface area (Å²) in [6.07, 6.45) is 2.02. The molecule has 2 aromatic rings. The van der Waals surface area contributed by atoms with E-state index in [1.54, 1.807) is 11.3 Å². The summed E-state index contributed by atoms with van der Waals surface area (Å²) in [4.78, 5) is 8.90. The fraction of sp³-hybridized carbons (Fsp3) is 0.300. The van der Waals surface area contributed by atoms with Gasteiger partial charge in [0, 0.05) is 6.20 Å². The second-order valence-electron chi connectivity index (χ2n) is 3.24. The van der Waals surface area contributed by atoms with Gasteiger partial charge < -0.3 is 4.98 Å². The molecule has 3 heteroatoms. The first kappa shape index (κ1) is 8.51. The number of nitrogens with zero attached hydrogens (tertiary/aromatic N) is 1. The topological polar surface area (TPSA) is 28.7 Å². The van der Waals surface area contributed by atoms with E-state index in [1.807, 2.05) is 13.1 Å². The Labute approximate surface area is 81.7 Å². The van der Waals surface area contributed by atoms with Crippen LogP contribution in [0.1, 0.15) is 16.3 Å². The molecule has 2 heterocycles. The molecule has 13 heavy (non-hydrogen) atoms. The maximum atomic E-state index is 4.40. The molecule has 0 aromatic carbocycles. The minimum absolute atomic E-state index is 1.12. The van der Waals surface area contributed by atoms with E-state index in [0.29, 0.717) is 0 Å². The lowest BCUT2D eigenvalue weighted by Crippen LogP contribution is -1.76. The summed E-state index contributed by atoms with van der Waals surface area (Å²) in [5.74, 6) is 0. The van der Waals surface area contributed by atoms with E-state index in [1.165, 1.54) is 16.1 Å². The zero-order chi connectivity index (χ0) is 9.42. The SMILES string of the molecule is Cc1c[nH]c(-c2sc(C)nc2C)c1. The summed E-state index contributed by atoms with van der Waals surface area (Å²) in [5, 5.41) is 1.12. The van der Waals surface area contributed by atoms with Crippen molar-refractivity contribution >= 4 is 11.3 Å². The molecule has 1 N–H and O–H groups in total. The van der Waals surface area contributed by atoms with Crippen LogP contribution in [0.5, 0.6) is 0 Å². The molecule has 0 aliphatic carbocycles. The predicted octanol–water partition coefficient (Wildman–Crippen LogP) is 3.06. The summed E-state index contributed by atoms with van der Waals surface area (Å²) >= 11 is 1.74. The Balaban J connectivity index is 2.51. The molecular formula is C10H12N2S. The maximum absolute atomic E-state index is 4.40. The lowest BCUT2D eigenvalue weighted by Gasteiger charge is -1.91.